The van der Waals surface area contributed by atoms with E-state index in [-0.39, 0.29) is 5.82 Å². The largest absolute Gasteiger partial charge is 0.497 e. The van der Waals surface area contributed by atoms with E-state index in [2.05, 4.69) is 15.2 Å². The number of aromatic nitrogens is 3. The number of nitrogens with zero attached hydrogens (tertiary/aromatic N) is 2. The van der Waals surface area contributed by atoms with Gasteiger partial charge in [-0.3, -0.25) is 5.10 Å². The van der Waals surface area contributed by atoms with Crippen molar-refractivity contribution in [2.75, 3.05) is 13.7 Å². The van der Waals surface area contributed by atoms with Gasteiger partial charge in [0.05, 0.1) is 13.7 Å². The fourth-order valence-electron chi connectivity index (χ4n) is 1.60. The van der Waals surface area contributed by atoms with Gasteiger partial charge in [-0.25, -0.2) is 9.78 Å². The van der Waals surface area contributed by atoms with Crippen LogP contribution in [-0.2, 0) is 11.2 Å². The summed E-state index contributed by atoms with van der Waals surface area (Å²) < 4.78 is 9.91. The molecule has 1 heterocycles. The molecule has 19 heavy (non-hydrogen) atoms. The zero-order valence-corrected chi connectivity index (χ0v) is 10.8. The molecule has 0 bridgehead atoms. The topological polar surface area (TPSA) is 77.1 Å². The predicted octanol–water partition coefficient (Wildman–Crippen LogP) is 1.58. The third-order valence-electron chi connectivity index (χ3n) is 2.52. The SMILES string of the molecule is CCOC(=O)c1n[nH]c(Cc2ccc(OC)cc2)n1. The number of hydrogen-bond acceptors (Lipinski definition) is 5. The molecule has 100 valence electrons. The lowest BCUT2D eigenvalue weighted by Gasteiger charge is -2.01. The third kappa shape index (κ3) is 3.31. The zero-order valence-electron chi connectivity index (χ0n) is 10.8. The highest BCUT2D eigenvalue weighted by Gasteiger charge is 2.13. The van der Waals surface area contributed by atoms with Crippen LogP contribution in [0.5, 0.6) is 5.75 Å². The molecular formula is C13H15N3O3. The van der Waals surface area contributed by atoms with Crippen LogP contribution in [0.4, 0.5) is 0 Å². The van der Waals surface area contributed by atoms with Gasteiger partial charge in [0.1, 0.15) is 11.6 Å². The molecule has 0 radical (unpaired) electrons. The Morgan fingerprint density at radius 2 is 2.05 bits per heavy atom. The molecule has 0 atom stereocenters. The van der Waals surface area contributed by atoms with Crippen LogP contribution < -0.4 is 4.74 Å². The standard InChI is InChI=1S/C13H15N3O3/c1-3-19-13(17)12-14-11(15-16-12)8-9-4-6-10(18-2)7-5-9/h4-7H,3,8H2,1-2H3,(H,14,15,16). The molecule has 2 rings (SSSR count). The molecule has 0 fully saturated rings. The Morgan fingerprint density at radius 1 is 1.32 bits per heavy atom. The number of benzene rings is 1. The van der Waals surface area contributed by atoms with Crippen LogP contribution in [0.1, 0.15) is 28.9 Å². The van der Waals surface area contributed by atoms with Crippen LogP contribution in [-0.4, -0.2) is 34.9 Å². The van der Waals surface area contributed by atoms with E-state index < -0.39 is 5.97 Å². The number of ether oxygens (including phenoxy) is 2. The molecule has 1 aromatic heterocycles. The summed E-state index contributed by atoms with van der Waals surface area (Å²) in [7, 11) is 1.62. The minimum absolute atomic E-state index is 0.0605. The number of carbonyl (C=O) groups is 1. The third-order valence-corrected chi connectivity index (χ3v) is 2.52. The Hall–Kier alpha value is -2.37. The van der Waals surface area contributed by atoms with Crippen molar-refractivity contribution in [3.8, 4) is 5.75 Å². The van der Waals surface area contributed by atoms with Crippen LogP contribution in [0.3, 0.4) is 0 Å². The van der Waals surface area contributed by atoms with Gasteiger partial charge in [-0.15, -0.1) is 5.10 Å². The summed E-state index contributed by atoms with van der Waals surface area (Å²) in [6, 6.07) is 7.62. The molecule has 0 spiro atoms. The molecule has 2 aromatic rings. The van der Waals surface area contributed by atoms with Gasteiger partial charge >= 0.3 is 5.97 Å². The van der Waals surface area contributed by atoms with Gasteiger partial charge in [-0.2, -0.15) is 0 Å². The number of nitrogens with one attached hydrogen (secondary N) is 1. The Labute approximate surface area is 110 Å². The minimum atomic E-state index is -0.514. The molecule has 0 saturated carbocycles. The van der Waals surface area contributed by atoms with E-state index in [4.69, 9.17) is 9.47 Å². The van der Waals surface area contributed by atoms with Gasteiger partial charge in [0.15, 0.2) is 0 Å². The van der Waals surface area contributed by atoms with Crippen molar-refractivity contribution in [2.24, 2.45) is 0 Å². The van der Waals surface area contributed by atoms with Gasteiger partial charge in [0, 0.05) is 6.42 Å². The number of rotatable bonds is 5. The summed E-state index contributed by atoms with van der Waals surface area (Å²) in [5.41, 5.74) is 1.05. The summed E-state index contributed by atoms with van der Waals surface area (Å²) in [5.74, 6) is 0.965. The molecule has 0 aliphatic rings. The summed E-state index contributed by atoms with van der Waals surface area (Å²) in [5, 5.41) is 6.56. The van der Waals surface area contributed by atoms with E-state index in [9.17, 15) is 4.79 Å². The average molecular weight is 261 g/mol. The van der Waals surface area contributed by atoms with Gasteiger partial charge in [-0.1, -0.05) is 12.1 Å². The summed E-state index contributed by atoms with van der Waals surface area (Å²) in [6.07, 6.45) is 0.566. The van der Waals surface area contributed by atoms with E-state index in [1.807, 2.05) is 24.3 Å². The van der Waals surface area contributed by atoms with Crippen molar-refractivity contribution in [3.05, 3.63) is 41.5 Å². The quantitative estimate of drug-likeness (QED) is 0.827. The first-order chi connectivity index (χ1) is 9.22. The highest BCUT2D eigenvalue weighted by Crippen LogP contribution is 2.13. The summed E-state index contributed by atoms with van der Waals surface area (Å²) >= 11 is 0. The van der Waals surface area contributed by atoms with Crippen molar-refractivity contribution in [1.82, 2.24) is 15.2 Å². The zero-order chi connectivity index (χ0) is 13.7. The predicted molar refractivity (Wildman–Crippen MR) is 68.1 cm³/mol. The number of H-pyrrole nitrogens is 1. The van der Waals surface area contributed by atoms with Gasteiger partial charge in [-0.05, 0) is 24.6 Å². The molecule has 1 N–H and O–H groups in total. The second-order valence-corrected chi connectivity index (χ2v) is 3.85. The Bertz CT molecular complexity index is 549. The van der Waals surface area contributed by atoms with Gasteiger partial charge < -0.3 is 9.47 Å². The highest BCUT2D eigenvalue weighted by atomic mass is 16.5. The van der Waals surface area contributed by atoms with Gasteiger partial charge in [0.25, 0.3) is 5.82 Å². The van der Waals surface area contributed by atoms with Crippen LogP contribution in [0.25, 0.3) is 0 Å². The number of carbonyl (C=O) groups excluding carboxylic acids is 1. The Balaban J connectivity index is 2.04. The first kappa shape index (κ1) is 13.1. The van der Waals surface area contributed by atoms with Crippen LogP contribution in [0.2, 0.25) is 0 Å². The second kappa shape index (κ2) is 5.99. The van der Waals surface area contributed by atoms with Crippen LogP contribution in [0, 0.1) is 0 Å². The fourth-order valence-corrected chi connectivity index (χ4v) is 1.60. The summed E-state index contributed by atoms with van der Waals surface area (Å²) in [6.45, 7) is 2.05. The van der Waals surface area contributed by atoms with Gasteiger partial charge in [0.2, 0.25) is 0 Å². The smallest absolute Gasteiger partial charge is 0.378 e. The molecule has 0 unspecified atom stereocenters. The van der Waals surface area contributed by atoms with E-state index >= 15 is 0 Å². The summed E-state index contributed by atoms with van der Waals surface area (Å²) in [4.78, 5) is 15.5. The van der Waals surface area contributed by atoms with Crippen LogP contribution in [0.15, 0.2) is 24.3 Å². The maximum Gasteiger partial charge on any atom is 0.378 e. The molecule has 6 nitrogen and oxygen atoms in total. The fraction of sp³-hybridized carbons (Fsp3) is 0.308. The van der Waals surface area contributed by atoms with Crippen molar-refractivity contribution in [3.63, 3.8) is 0 Å². The molecule has 0 aliphatic heterocycles. The van der Waals surface area contributed by atoms with Crippen molar-refractivity contribution in [2.45, 2.75) is 13.3 Å². The van der Waals surface area contributed by atoms with Crippen molar-refractivity contribution in [1.29, 1.82) is 0 Å². The van der Waals surface area contributed by atoms with E-state index in [1.165, 1.54) is 0 Å². The maximum atomic E-state index is 11.4. The minimum Gasteiger partial charge on any atom is -0.497 e. The lowest BCUT2D eigenvalue weighted by molar-refractivity contribution is 0.0512. The second-order valence-electron chi connectivity index (χ2n) is 3.85. The monoisotopic (exact) mass is 261 g/mol. The van der Waals surface area contributed by atoms with Crippen molar-refractivity contribution < 1.29 is 14.3 Å². The molecule has 1 aromatic carbocycles. The molecule has 0 amide bonds. The lowest BCUT2D eigenvalue weighted by atomic mass is 10.1. The number of methoxy groups -OCH3 is 1. The Kier molecular flexibility index (Phi) is 4.12. The highest BCUT2D eigenvalue weighted by molar-refractivity contribution is 5.84. The first-order valence-electron chi connectivity index (χ1n) is 5.94. The number of hydrogen-bond donors (Lipinski definition) is 1. The van der Waals surface area contributed by atoms with E-state index in [0.717, 1.165) is 11.3 Å². The lowest BCUT2D eigenvalue weighted by Crippen LogP contribution is -2.06. The van der Waals surface area contributed by atoms with E-state index in [1.54, 1.807) is 14.0 Å². The number of aromatic amines is 1. The molecule has 6 heteroatoms. The molecular weight excluding hydrogens is 246 g/mol. The Morgan fingerprint density at radius 3 is 2.68 bits per heavy atom. The number of esters is 1. The molecule has 0 aliphatic carbocycles. The van der Waals surface area contributed by atoms with Crippen LogP contribution >= 0.6 is 0 Å². The maximum absolute atomic E-state index is 11.4. The van der Waals surface area contributed by atoms with E-state index in [0.29, 0.717) is 18.9 Å². The molecule has 0 saturated heterocycles. The average Bonchev–Trinajstić information content (AvgIpc) is 2.88. The normalized spacial score (nSPS) is 10.2. The first-order valence-corrected chi connectivity index (χ1v) is 5.94. The van der Waals surface area contributed by atoms with Crippen molar-refractivity contribution >= 4 is 5.97 Å².